The fraction of sp³-hybridized carbons (Fsp3) is 0.360. The summed E-state index contributed by atoms with van der Waals surface area (Å²) in [6, 6.07) is 13.2. The van der Waals surface area contributed by atoms with Gasteiger partial charge in [0.25, 0.3) is 11.7 Å². The number of Topliss-reactive ketones (excluding diaryl/α,β-unsaturated/α-hetero) is 1. The van der Waals surface area contributed by atoms with Crippen LogP contribution >= 0.6 is 11.6 Å². The number of ether oxygens (including phenoxy) is 1. The van der Waals surface area contributed by atoms with E-state index in [0.29, 0.717) is 41.6 Å². The summed E-state index contributed by atoms with van der Waals surface area (Å²) in [5, 5.41) is 11.6. The summed E-state index contributed by atoms with van der Waals surface area (Å²) in [7, 11) is 0. The van der Waals surface area contributed by atoms with Crippen LogP contribution in [0.1, 0.15) is 37.9 Å². The minimum atomic E-state index is -0.712. The topological polar surface area (TPSA) is 70.1 Å². The molecule has 1 amide bonds. The molecule has 0 saturated carbocycles. The van der Waals surface area contributed by atoms with Crippen molar-refractivity contribution in [3.63, 3.8) is 0 Å². The van der Waals surface area contributed by atoms with Gasteiger partial charge in [0.2, 0.25) is 0 Å². The monoisotopic (exact) mass is 456 g/mol. The van der Waals surface area contributed by atoms with Crippen LogP contribution < -0.4 is 4.74 Å². The molecule has 1 aliphatic heterocycles. The summed E-state index contributed by atoms with van der Waals surface area (Å²) < 4.78 is 5.45. The van der Waals surface area contributed by atoms with Gasteiger partial charge in [-0.2, -0.15) is 0 Å². The Morgan fingerprint density at radius 3 is 2.38 bits per heavy atom. The molecule has 1 N–H and O–H groups in total. The third kappa shape index (κ3) is 4.97. The van der Waals surface area contributed by atoms with Crippen LogP contribution in [-0.4, -0.2) is 59.4 Å². The van der Waals surface area contributed by atoms with Crippen LogP contribution in [0, 0.1) is 0 Å². The van der Waals surface area contributed by atoms with Crippen molar-refractivity contribution in [2.75, 3.05) is 32.8 Å². The highest BCUT2D eigenvalue weighted by Gasteiger charge is 2.46. The summed E-state index contributed by atoms with van der Waals surface area (Å²) in [5.74, 6) is -0.854. The molecule has 0 spiro atoms. The highest BCUT2D eigenvalue weighted by Crippen LogP contribution is 2.40. The Kier molecular flexibility index (Phi) is 7.94. The molecule has 0 aromatic heterocycles. The number of ketones is 1. The fourth-order valence-corrected chi connectivity index (χ4v) is 4.15. The maximum absolute atomic E-state index is 13.1. The number of amides is 1. The molecule has 0 bridgehead atoms. The van der Waals surface area contributed by atoms with Crippen molar-refractivity contribution in [3.05, 3.63) is 70.3 Å². The number of likely N-dealkylation sites (tertiary alicyclic amines) is 1. The van der Waals surface area contributed by atoms with Gasteiger partial charge >= 0.3 is 0 Å². The van der Waals surface area contributed by atoms with E-state index in [-0.39, 0.29) is 11.3 Å². The van der Waals surface area contributed by atoms with Crippen LogP contribution in [0.5, 0.6) is 5.75 Å². The lowest BCUT2D eigenvalue weighted by molar-refractivity contribution is -0.140. The third-order valence-electron chi connectivity index (χ3n) is 5.69. The normalized spacial score (nSPS) is 17.9. The lowest BCUT2D eigenvalue weighted by Gasteiger charge is -2.28. The quantitative estimate of drug-likeness (QED) is 0.341. The molecule has 1 fully saturated rings. The van der Waals surface area contributed by atoms with Crippen LogP contribution in [0.3, 0.4) is 0 Å². The number of aliphatic hydroxyl groups is 1. The molecule has 2 aromatic carbocycles. The maximum Gasteiger partial charge on any atom is 0.295 e. The van der Waals surface area contributed by atoms with Crippen molar-refractivity contribution in [2.24, 2.45) is 0 Å². The van der Waals surface area contributed by atoms with Gasteiger partial charge < -0.3 is 19.6 Å². The van der Waals surface area contributed by atoms with Crippen LogP contribution in [0.25, 0.3) is 5.76 Å². The molecule has 0 radical (unpaired) electrons. The van der Waals surface area contributed by atoms with Crippen molar-refractivity contribution in [1.82, 2.24) is 9.80 Å². The molecule has 0 unspecified atom stereocenters. The van der Waals surface area contributed by atoms with Crippen molar-refractivity contribution < 1.29 is 19.4 Å². The standard InChI is InChI=1S/C25H29ClN2O4/c1-4-27(5-2)14-15-28-22(18-8-7-9-19(26)16-18)21(24(30)25(28)31)23(29)17-10-12-20(13-11-17)32-6-3/h7-13,16,22,29H,4-6,14-15H2,1-3H3/t22-/m0/s1. The molecule has 1 saturated heterocycles. The molecule has 0 aliphatic carbocycles. The SMILES string of the molecule is CCOc1ccc(C(O)=C2C(=O)C(=O)N(CCN(CC)CC)[C@H]2c2cccc(Cl)c2)cc1. The van der Waals surface area contributed by atoms with Gasteiger partial charge in [0.1, 0.15) is 11.5 Å². The Bertz CT molecular complexity index is 999. The van der Waals surface area contributed by atoms with Crippen LogP contribution in [-0.2, 0) is 9.59 Å². The number of halogens is 1. The Balaban J connectivity index is 2.06. The van der Waals surface area contributed by atoms with Crippen molar-refractivity contribution in [3.8, 4) is 5.75 Å². The second-order valence-electron chi connectivity index (χ2n) is 7.53. The van der Waals surface area contributed by atoms with Gasteiger partial charge in [-0.15, -0.1) is 0 Å². The van der Waals surface area contributed by atoms with E-state index in [1.54, 1.807) is 42.5 Å². The lowest BCUT2D eigenvalue weighted by atomic mass is 9.95. The summed E-state index contributed by atoms with van der Waals surface area (Å²) in [5.41, 5.74) is 1.20. The third-order valence-corrected chi connectivity index (χ3v) is 5.93. The molecule has 32 heavy (non-hydrogen) atoms. The van der Waals surface area contributed by atoms with Gasteiger partial charge in [-0.1, -0.05) is 37.6 Å². The van der Waals surface area contributed by atoms with Gasteiger partial charge in [-0.25, -0.2) is 0 Å². The zero-order chi connectivity index (χ0) is 23.3. The summed E-state index contributed by atoms with van der Waals surface area (Å²) in [4.78, 5) is 29.8. The Hall–Kier alpha value is -2.83. The second-order valence-corrected chi connectivity index (χ2v) is 7.97. The van der Waals surface area contributed by atoms with Gasteiger partial charge in [-0.3, -0.25) is 9.59 Å². The second kappa shape index (κ2) is 10.7. The Morgan fingerprint density at radius 2 is 1.78 bits per heavy atom. The molecule has 170 valence electrons. The molecule has 2 aromatic rings. The van der Waals surface area contributed by atoms with Crippen molar-refractivity contribution >= 4 is 29.1 Å². The van der Waals surface area contributed by atoms with E-state index in [1.807, 2.05) is 13.0 Å². The molecule has 1 aliphatic rings. The molecule has 1 atom stereocenters. The van der Waals surface area contributed by atoms with Crippen LogP contribution in [0.15, 0.2) is 54.1 Å². The van der Waals surface area contributed by atoms with E-state index < -0.39 is 17.7 Å². The number of hydrogen-bond acceptors (Lipinski definition) is 5. The molecule has 1 heterocycles. The van der Waals surface area contributed by atoms with E-state index in [4.69, 9.17) is 16.3 Å². The highest BCUT2D eigenvalue weighted by atomic mass is 35.5. The Morgan fingerprint density at radius 1 is 1.09 bits per heavy atom. The smallest absolute Gasteiger partial charge is 0.295 e. The number of nitrogens with zero attached hydrogens (tertiary/aromatic N) is 2. The first-order chi connectivity index (χ1) is 15.4. The minimum Gasteiger partial charge on any atom is -0.507 e. The number of rotatable bonds is 9. The number of aliphatic hydroxyl groups excluding tert-OH is 1. The van der Waals surface area contributed by atoms with Crippen LogP contribution in [0.2, 0.25) is 5.02 Å². The zero-order valence-electron chi connectivity index (χ0n) is 18.7. The van der Waals surface area contributed by atoms with E-state index in [0.717, 1.165) is 13.1 Å². The average Bonchev–Trinajstić information content (AvgIpc) is 3.05. The first kappa shape index (κ1) is 23.8. The van der Waals surface area contributed by atoms with Crippen LogP contribution in [0.4, 0.5) is 0 Å². The zero-order valence-corrected chi connectivity index (χ0v) is 19.4. The predicted octanol–water partition coefficient (Wildman–Crippen LogP) is 4.50. The number of likely N-dealkylation sites (N-methyl/N-ethyl adjacent to an activating group) is 1. The van der Waals surface area contributed by atoms with Crippen molar-refractivity contribution in [1.29, 1.82) is 0 Å². The summed E-state index contributed by atoms with van der Waals surface area (Å²) in [6.45, 7) is 9.19. The first-order valence-corrected chi connectivity index (χ1v) is 11.3. The van der Waals surface area contributed by atoms with E-state index >= 15 is 0 Å². The summed E-state index contributed by atoms with van der Waals surface area (Å²) >= 11 is 6.22. The summed E-state index contributed by atoms with van der Waals surface area (Å²) in [6.07, 6.45) is 0. The first-order valence-electron chi connectivity index (χ1n) is 10.9. The van der Waals surface area contributed by atoms with Gasteiger partial charge in [0, 0.05) is 23.7 Å². The number of carbonyl (C=O) groups is 2. The Labute approximate surface area is 194 Å². The fourth-order valence-electron chi connectivity index (χ4n) is 3.95. The molecular weight excluding hydrogens is 428 g/mol. The van der Waals surface area contributed by atoms with Gasteiger partial charge in [-0.05, 0) is 62.0 Å². The molecule has 3 rings (SSSR count). The number of carbonyl (C=O) groups excluding carboxylic acids is 2. The van der Waals surface area contributed by atoms with E-state index in [2.05, 4.69) is 18.7 Å². The number of benzene rings is 2. The molecule has 7 heteroatoms. The maximum atomic E-state index is 13.1. The average molecular weight is 457 g/mol. The molecule has 6 nitrogen and oxygen atoms in total. The predicted molar refractivity (Wildman–Crippen MR) is 126 cm³/mol. The van der Waals surface area contributed by atoms with Crippen molar-refractivity contribution in [2.45, 2.75) is 26.8 Å². The van der Waals surface area contributed by atoms with E-state index in [9.17, 15) is 14.7 Å². The van der Waals surface area contributed by atoms with Gasteiger partial charge in [0.15, 0.2) is 0 Å². The largest absolute Gasteiger partial charge is 0.507 e. The minimum absolute atomic E-state index is 0.0703. The highest BCUT2D eigenvalue weighted by molar-refractivity contribution is 6.46. The van der Waals surface area contributed by atoms with Gasteiger partial charge in [0.05, 0.1) is 18.2 Å². The molecular formula is C25H29ClN2O4. The number of hydrogen-bond donors (Lipinski definition) is 1. The lowest BCUT2D eigenvalue weighted by Crippen LogP contribution is -2.38. The van der Waals surface area contributed by atoms with E-state index in [1.165, 1.54) is 4.90 Å².